The van der Waals surface area contributed by atoms with E-state index < -0.39 is 0 Å². The first-order valence-corrected chi connectivity index (χ1v) is 11.0. The minimum atomic E-state index is -0.339. The number of nitrogens with one attached hydrogen (secondary N) is 1. The van der Waals surface area contributed by atoms with E-state index in [1.807, 2.05) is 24.3 Å². The molecule has 3 aromatic rings. The molecule has 0 aromatic heterocycles. The first-order valence-electron chi connectivity index (χ1n) is 10.1. The van der Waals surface area contributed by atoms with Crippen molar-refractivity contribution in [1.82, 2.24) is 5.32 Å². The van der Waals surface area contributed by atoms with Crippen LogP contribution in [0.15, 0.2) is 66.7 Å². The van der Waals surface area contributed by atoms with Crippen LogP contribution in [0, 0.1) is 0 Å². The van der Waals surface area contributed by atoms with Gasteiger partial charge >= 0.3 is 0 Å². The topological polar surface area (TPSA) is 55.4 Å². The molecule has 2 amide bonds. The zero-order valence-electron chi connectivity index (χ0n) is 16.4. The summed E-state index contributed by atoms with van der Waals surface area (Å²) in [4.78, 5) is 23.0. The number of rotatable bonds is 6. The predicted molar refractivity (Wildman–Crippen MR) is 119 cm³/mol. The first kappa shape index (κ1) is 18.9. The molecule has 2 aliphatic rings. The van der Waals surface area contributed by atoms with Crippen LogP contribution >= 0.6 is 11.8 Å². The number of benzene rings is 3. The Morgan fingerprint density at radius 1 is 0.933 bits per heavy atom. The molecule has 1 fully saturated rings. The van der Waals surface area contributed by atoms with E-state index in [0.29, 0.717) is 13.0 Å². The first-order chi connectivity index (χ1) is 14.7. The van der Waals surface area contributed by atoms with Gasteiger partial charge in [0.25, 0.3) is 5.24 Å². The molecule has 0 bridgehead atoms. The third-order valence-electron chi connectivity index (χ3n) is 5.70. The number of fused-ring (bicyclic) bond motifs is 3. The van der Waals surface area contributed by atoms with Gasteiger partial charge in [0, 0.05) is 6.42 Å². The molecular formula is C25H21NO3S. The maximum atomic E-state index is 11.7. The molecule has 150 valence electrons. The lowest BCUT2D eigenvalue weighted by molar-refractivity contribution is -0.118. The average molecular weight is 416 g/mol. The number of carbonyl (C=O) groups excluding carboxylic acids is 2. The Bertz CT molecular complexity index is 1120. The van der Waals surface area contributed by atoms with E-state index in [1.165, 1.54) is 27.8 Å². The van der Waals surface area contributed by atoms with Crippen molar-refractivity contribution in [3.8, 4) is 16.9 Å². The summed E-state index contributed by atoms with van der Waals surface area (Å²) in [6, 6.07) is 22.9. The molecule has 0 radical (unpaired) electrons. The predicted octanol–water partition coefficient (Wildman–Crippen LogP) is 4.77. The van der Waals surface area contributed by atoms with E-state index in [1.54, 1.807) is 0 Å². The van der Waals surface area contributed by atoms with Gasteiger partial charge in [-0.05, 0) is 58.4 Å². The summed E-state index contributed by atoms with van der Waals surface area (Å²) in [6.07, 6.45) is 2.39. The van der Waals surface area contributed by atoms with Crippen molar-refractivity contribution in [2.24, 2.45) is 0 Å². The second-order valence-corrected chi connectivity index (χ2v) is 8.78. The Hall–Kier alpha value is -3.05. The Balaban J connectivity index is 1.19. The minimum Gasteiger partial charge on any atom is -0.493 e. The highest BCUT2D eigenvalue weighted by Gasteiger charge is 2.31. The van der Waals surface area contributed by atoms with Crippen LogP contribution in [-0.2, 0) is 24.1 Å². The lowest BCUT2D eigenvalue weighted by Gasteiger charge is -2.11. The maximum Gasteiger partial charge on any atom is 0.286 e. The van der Waals surface area contributed by atoms with Gasteiger partial charge in [-0.25, -0.2) is 0 Å². The van der Waals surface area contributed by atoms with Crippen LogP contribution in [0.3, 0.4) is 0 Å². The van der Waals surface area contributed by atoms with E-state index in [0.717, 1.165) is 35.9 Å². The van der Waals surface area contributed by atoms with E-state index in [-0.39, 0.29) is 16.4 Å². The normalized spacial score (nSPS) is 16.9. The summed E-state index contributed by atoms with van der Waals surface area (Å²) >= 11 is 1.06. The van der Waals surface area contributed by atoms with Gasteiger partial charge < -0.3 is 4.74 Å². The average Bonchev–Trinajstić information content (AvgIpc) is 3.29. The number of ether oxygens (including phenoxy) is 1. The highest BCUT2D eigenvalue weighted by molar-refractivity contribution is 8.15. The number of amides is 2. The van der Waals surface area contributed by atoms with Crippen molar-refractivity contribution in [1.29, 1.82) is 0 Å². The van der Waals surface area contributed by atoms with Crippen molar-refractivity contribution in [3.05, 3.63) is 89.0 Å². The van der Waals surface area contributed by atoms with Gasteiger partial charge in [0.15, 0.2) is 0 Å². The molecule has 0 spiro atoms. The monoisotopic (exact) mass is 415 g/mol. The highest BCUT2D eigenvalue weighted by Crippen LogP contribution is 2.38. The van der Waals surface area contributed by atoms with Crippen LogP contribution in [-0.4, -0.2) is 23.0 Å². The van der Waals surface area contributed by atoms with Gasteiger partial charge in [0.05, 0.1) is 11.9 Å². The fraction of sp³-hybridized carbons (Fsp3) is 0.200. The molecule has 1 aliphatic heterocycles. The smallest absolute Gasteiger partial charge is 0.286 e. The molecule has 5 rings (SSSR count). The minimum absolute atomic E-state index is 0.206. The van der Waals surface area contributed by atoms with Crippen molar-refractivity contribution < 1.29 is 14.3 Å². The molecule has 1 aliphatic carbocycles. The lowest BCUT2D eigenvalue weighted by atomic mass is 9.99. The summed E-state index contributed by atoms with van der Waals surface area (Å²) in [7, 11) is 0. The van der Waals surface area contributed by atoms with Crippen molar-refractivity contribution in [2.75, 3.05) is 6.61 Å². The summed E-state index contributed by atoms with van der Waals surface area (Å²) in [5.74, 6) is 0.608. The number of hydrogen-bond donors (Lipinski definition) is 1. The SMILES string of the molecule is O=C1NC(=O)C(Cc2ccc(OCCc3cccc4c3Cc3ccccc3-4)cc2)S1. The van der Waals surface area contributed by atoms with E-state index in [4.69, 9.17) is 4.74 Å². The number of imide groups is 1. The molecule has 30 heavy (non-hydrogen) atoms. The zero-order chi connectivity index (χ0) is 20.5. The van der Waals surface area contributed by atoms with E-state index in [9.17, 15) is 9.59 Å². The van der Waals surface area contributed by atoms with E-state index in [2.05, 4.69) is 47.8 Å². The third kappa shape index (κ3) is 3.73. The van der Waals surface area contributed by atoms with E-state index >= 15 is 0 Å². The maximum absolute atomic E-state index is 11.7. The Labute approximate surface area is 179 Å². The molecule has 3 aromatic carbocycles. The van der Waals surface area contributed by atoms with Crippen LogP contribution in [0.1, 0.15) is 22.3 Å². The quantitative estimate of drug-likeness (QED) is 0.493. The fourth-order valence-electron chi connectivity index (χ4n) is 4.20. The van der Waals surface area contributed by atoms with Crippen molar-refractivity contribution in [3.63, 3.8) is 0 Å². The summed E-state index contributed by atoms with van der Waals surface area (Å²) in [5.41, 5.74) is 7.87. The second-order valence-electron chi connectivity index (χ2n) is 7.61. The van der Waals surface area contributed by atoms with Gasteiger partial charge in [-0.3, -0.25) is 14.9 Å². The molecule has 1 atom stereocenters. The third-order valence-corrected chi connectivity index (χ3v) is 6.68. The number of thioether (sulfide) groups is 1. The molecule has 0 saturated carbocycles. The largest absolute Gasteiger partial charge is 0.493 e. The molecule has 1 N–H and O–H groups in total. The molecule has 4 nitrogen and oxygen atoms in total. The highest BCUT2D eigenvalue weighted by atomic mass is 32.2. The van der Waals surface area contributed by atoms with Gasteiger partial charge in [-0.2, -0.15) is 0 Å². The lowest BCUT2D eigenvalue weighted by Crippen LogP contribution is -2.25. The Morgan fingerprint density at radius 3 is 2.53 bits per heavy atom. The molecule has 1 unspecified atom stereocenters. The fourth-order valence-corrected chi connectivity index (χ4v) is 5.06. The van der Waals surface area contributed by atoms with Crippen LogP contribution in [0.4, 0.5) is 4.79 Å². The van der Waals surface area contributed by atoms with Gasteiger partial charge in [0.2, 0.25) is 5.91 Å². The van der Waals surface area contributed by atoms with Gasteiger partial charge in [-0.15, -0.1) is 0 Å². The zero-order valence-corrected chi connectivity index (χ0v) is 17.2. The summed E-state index contributed by atoms with van der Waals surface area (Å²) in [6.45, 7) is 0.613. The molecule has 5 heteroatoms. The second kappa shape index (κ2) is 8.00. The number of carbonyl (C=O) groups is 2. The standard InChI is InChI=1S/C25H21NO3S/c27-24-23(30-25(28)26-24)14-16-8-10-19(11-9-16)29-13-12-17-5-3-7-21-20-6-2-1-4-18(20)15-22(17)21/h1-11,23H,12-15H2,(H,26,27,28). The molecule has 1 saturated heterocycles. The van der Waals surface area contributed by atoms with Crippen LogP contribution in [0.25, 0.3) is 11.1 Å². The summed E-state index contributed by atoms with van der Waals surface area (Å²) in [5, 5.41) is 1.72. The Morgan fingerprint density at radius 2 is 1.73 bits per heavy atom. The number of hydrogen-bond acceptors (Lipinski definition) is 4. The molecule has 1 heterocycles. The molecular weight excluding hydrogens is 394 g/mol. The van der Waals surface area contributed by atoms with Crippen molar-refractivity contribution >= 4 is 22.9 Å². The Kier molecular flexibility index (Phi) is 5.05. The van der Waals surface area contributed by atoms with Gasteiger partial charge in [0.1, 0.15) is 5.75 Å². The summed E-state index contributed by atoms with van der Waals surface area (Å²) < 4.78 is 5.97. The van der Waals surface area contributed by atoms with Crippen LogP contribution in [0.5, 0.6) is 5.75 Å². The van der Waals surface area contributed by atoms with Crippen molar-refractivity contribution in [2.45, 2.75) is 24.5 Å². The van der Waals surface area contributed by atoms with Gasteiger partial charge in [-0.1, -0.05) is 66.4 Å². The van der Waals surface area contributed by atoms with Crippen LogP contribution in [0.2, 0.25) is 0 Å². The van der Waals surface area contributed by atoms with Crippen LogP contribution < -0.4 is 10.1 Å².